The lowest BCUT2D eigenvalue weighted by Gasteiger charge is -2.18. The van der Waals surface area contributed by atoms with E-state index in [4.69, 9.17) is 0 Å². The molecule has 0 aliphatic carbocycles. The summed E-state index contributed by atoms with van der Waals surface area (Å²) in [6.07, 6.45) is 2.22. The first kappa shape index (κ1) is 13.2. The minimum absolute atomic E-state index is 1.11. The summed E-state index contributed by atoms with van der Waals surface area (Å²) in [7, 11) is 0. The first-order valence-electron chi connectivity index (χ1n) is 8.77. The molecule has 6 rings (SSSR count). The Hall–Kier alpha value is -3.12. The van der Waals surface area contributed by atoms with Crippen LogP contribution >= 0.6 is 0 Å². The average Bonchev–Trinajstić information content (AvgIpc) is 2.66. The monoisotopic (exact) mass is 316 g/mol. The van der Waals surface area contributed by atoms with Gasteiger partial charge in [0.1, 0.15) is 0 Å². The van der Waals surface area contributed by atoms with Gasteiger partial charge in [0.15, 0.2) is 0 Å². The summed E-state index contributed by atoms with van der Waals surface area (Å²) in [5, 5.41) is 15.9. The smallest absolute Gasteiger partial charge is 0.00139 e. The molecule has 0 radical (unpaired) electrons. The van der Waals surface area contributed by atoms with E-state index < -0.39 is 0 Å². The number of rotatable bonds is 0. The fourth-order valence-corrected chi connectivity index (χ4v) is 4.72. The van der Waals surface area contributed by atoms with Crippen LogP contribution in [0.1, 0.15) is 6.92 Å². The first-order valence-corrected chi connectivity index (χ1v) is 8.77. The van der Waals surface area contributed by atoms with E-state index in [0.717, 1.165) is 5.22 Å². The van der Waals surface area contributed by atoms with Crippen molar-refractivity contribution in [2.75, 3.05) is 0 Å². The summed E-state index contributed by atoms with van der Waals surface area (Å²) in [6.45, 7) is 6.52. The van der Waals surface area contributed by atoms with Gasteiger partial charge in [0.25, 0.3) is 0 Å². The molecule has 6 aromatic rings. The molecule has 0 aliphatic rings. The standard InChI is InChI=1S/C25H16/c1-3-15-6-7-17-10-12-19-13-11-18-9-8-16-5-4-14(2)20-21(15)23(17)25(19)24(18)22(16)20/h3-13H,2H2,1H3/b15-3-. The topological polar surface area (TPSA) is 0 Å². The highest BCUT2D eigenvalue weighted by molar-refractivity contribution is 6.39. The zero-order valence-corrected chi connectivity index (χ0v) is 14.1. The molecule has 0 bridgehead atoms. The van der Waals surface area contributed by atoms with Crippen molar-refractivity contribution in [2.24, 2.45) is 0 Å². The highest BCUT2D eigenvalue weighted by atomic mass is 14.2. The van der Waals surface area contributed by atoms with Crippen LogP contribution in [0.5, 0.6) is 0 Å². The van der Waals surface area contributed by atoms with E-state index in [-0.39, 0.29) is 0 Å². The Balaban J connectivity index is 2.25. The maximum atomic E-state index is 4.39. The fraction of sp³-hybridized carbons (Fsp3) is 0.0400. The second-order valence-corrected chi connectivity index (χ2v) is 7.01. The van der Waals surface area contributed by atoms with Gasteiger partial charge in [0.05, 0.1) is 0 Å². The molecule has 0 aromatic heterocycles. The third-order valence-corrected chi connectivity index (χ3v) is 5.81. The molecule has 0 saturated carbocycles. The van der Waals surface area contributed by atoms with Gasteiger partial charge in [-0.05, 0) is 71.2 Å². The Morgan fingerprint density at radius 1 is 0.520 bits per heavy atom. The van der Waals surface area contributed by atoms with Crippen molar-refractivity contribution in [1.29, 1.82) is 0 Å². The molecule has 0 aliphatic heterocycles. The Bertz CT molecular complexity index is 1540. The lowest BCUT2D eigenvalue weighted by Crippen LogP contribution is -2.09. The van der Waals surface area contributed by atoms with E-state index in [0.29, 0.717) is 0 Å². The zero-order chi connectivity index (χ0) is 16.7. The lowest BCUT2D eigenvalue weighted by atomic mass is 9.84. The van der Waals surface area contributed by atoms with Gasteiger partial charge in [-0.3, -0.25) is 0 Å². The van der Waals surface area contributed by atoms with E-state index in [9.17, 15) is 0 Å². The summed E-state index contributed by atoms with van der Waals surface area (Å²) in [5.74, 6) is 0. The van der Waals surface area contributed by atoms with Crippen LogP contribution in [0, 0.1) is 0 Å². The molecule has 0 fully saturated rings. The summed E-state index contributed by atoms with van der Waals surface area (Å²) < 4.78 is 0. The van der Waals surface area contributed by atoms with Crippen LogP contribution in [0.4, 0.5) is 0 Å². The van der Waals surface area contributed by atoms with Crippen molar-refractivity contribution in [2.45, 2.75) is 6.92 Å². The highest BCUT2D eigenvalue weighted by Crippen LogP contribution is 2.42. The summed E-state index contributed by atoms with van der Waals surface area (Å²) >= 11 is 0. The number of benzene rings is 6. The molecular formula is C25H16. The Labute approximate surface area is 145 Å². The van der Waals surface area contributed by atoms with Gasteiger partial charge >= 0.3 is 0 Å². The van der Waals surface area contributed by atoms with Crippen LogP contribution in [0.3, 0.4) is 0 Å². The molecule has 0 atom stereocenters. The van der Waals surface area contributed by atoms with Gasteiger partial charge in [0, 0.05) is 0 Å². The minimum atomic E-state index is 1.11. The molecule has 0 heteroatoms. The molecule has 25 heavy (non-hydrogen) atoms. The highest BCUT2D eigenvalue weighted by Gasteiger charge is 2.17. The van der Waals surface area contributed by atoms with E-state index >= 15 is 0 Å². The Morgan fingerprint density at radius 2 is 0.920 bits per heavy atom. The van der Waals surface area contributed by atoms with Crippen molar-refractivity contribution in [3.8, 4) is 0 Å². The van der Waals surface area contributed by atoms with E-state index in [2.05, 4.69) is 80.2 Å². The van der Waals surface area contributed by atoms with Gasteiger partial charge in [-0.25, -0.2) is 0 Å². The lowest BCUT2D eigenvalue weighted by molar-refractivity contribution is 1.69. The SMILES string of the molecule is C=c1ccc2ccc3ccc4ccc5cc/c(=C/C)c6c1c2c3c4c56. The molecule has 0 unspecified atom stereocenters. The maximum absolute atomic E-state index is 4.39. The van der Waals surface area contributed by atoms with Gasteiger partial charge in [-0.1, -0.05) is 73.3 Å². The quantitative estimate of drug-likeness (QED) is 0.255. The predicted molar refractivity (Wildman–Crippen MR) is 111 cm³/mol. The van der Waals surface area contributed by atoms with Crippen LogP contribution in [-0.2, 0) is 0 Å². The van der Waals surface area contributed by atoms with Crippen molar-refractivity contribution in [3.63, 3.8) is 0 Å². The predicted octanol–water partition coefficient (Wildman–Crippen LogP) is 5.54. The summed E-state index contributed by atoms with van der Waals surface area (Å²) in [5.41, 5.74) is 0. The number of fused-ring (bicyclic) bond motifs is 1. The normalized spacial score (nSPS) is 13.4. The first-order chi connectivity index (χ1) is 12.3. The molecule has 6 aromatic carbocycles. The van der Waals surface area contributed by atoms with Crippen molar-refractivity contribution >= 4 is 66.5 Å². The summed E-state index contributed by atoms with van der Waals surface area (Å²) in [6, 6.07) is 22.4. The van der Waals surface area contributed by atoms with Gasteiger partial charge in [0.2, 0.25) is 0 Å². The molecule has 0 spiro atoms. The van der Waals surface area contributed by atoms with E-state index in [1.807, 2.05) is 0 Å². The average molecular weight is 316 g/mol. The maximum Gasteiger partial charge on any atom is -0.00139 e. The minimum Gasteiger partial charge on any atom is -0.0911 e. The molecule has 0 amide bonds. The molecule has 0 N–H and O–H groups in total. The van der Waals surface area contributed by atoms with Gasteiger partial charge < -0.3 is 0 Å². The van der Waals surface area contributed by atoms with Gasteiger partial charge in [-0.15, -0.1) is 0 Å². The van der Waals surface area contributed by atoms with Crippen LogP contribution < -0.4 is 10.4 Å². The number of hydrogen-bond donors (Lipinski definition) is 0. The summed E-state index contributed by atoms with van der Waals surface area (Å²) in [4.78, 5) is 0. The van der Waals surface area contributed by atoms with E-state index in [1.54, 1.807) is 0 Å². The molecule has 0 nitrogen and oxygen atoms in total. The second kappa shape index (κ2) is 4.29. The molecule has 0 saturated heterocycles. The van der Waals surface area contributed by atoms with Crippen LogP contribution in [0.2, 0.25) is 0 Å². The Kier molecular flexibility index (Phi) is 2.26. The van der Waals surface area contributed by atoms with Crippen molar-refractivity contribution in [3.05, 3.63) is 71.1 Å². The Morgan fingerprint density at radius 3 is 1.44 bits per heavy atom. The van der Waals surface area contributed by atoms with Gasteiger partial charge in [-0.2, -0.15) is 0 Å². The second-order valence-electron chi connectivity index (χ2n) is 7.01. The van der Waals surface area contributed by atoms with Crippen LogP contribution in [-0.4, -0.2) is 0 Å². The van der Waals surface area contributed by atoms with Crippen LogP contribution in [0.15, 0.2) is 60.7 Å². The zero-order valence-electron chi connectivity index (χ0n) is 14.1. The van der Waals surface area contributed by atoms with Crippen molar-refractivity contribution < 1.29 is 0 Å². The molecular weight excluding hydrogens is 300 g/mol. The fourth-order valence-electron chi connectivity index (χ4n) is 4.72. The third-order valence-electron chi connectivity index (χ3n) is 5.81. The van der Waals surface area contributed by atoms with Crippen LogP contribution in [0.25, 0.3) is 66.5 Å². The molecule has 116 valence electrons. The third kappa shape index (κ3) is 1.44. The number of hydrogen-bond acceptors (Lipinski definition) is 0. The van der Waals surface area contributed by atoms with E-state index in [1.165, 1.54) is 59.1 Å². The largest absolute Gasteiger partial charge is 0.0911 e. The molecule has 0 heterocycles. The van der Waals surface area contributed by atoms with Crippen molar-refractivity contribution in [1.82, 2.24) is 0 Å².